The number of rotatable bonds is 4. The number of aryl methyl sites for hydroxylation is 2. The Morgan fingerprint density at radius 1 is 1.38 bits per heavy atom. The van der Waals surface area contributed by atoms with Crippen LogP contribution in [0.3, 0.4) is 0 Å². The first kappa shape index (κ1) is 17.0. The maximum Gasteiger partial charge on any atom is 0.265 e. The molecule has 0 fully saturated rings. The third kappa shape index (κ3) is 3.29. The van der Waals surface area contributed by atoms with Gasteiger partial charge in [-0.25, -0.2) is 0 Å². The van der Waals surface area contributed by atoms with Gasteiger partial charge < -0.3 is 9.88 Å². The number of hydrogen-bond donors (Lipinski definition) is 1. The molecule has 2 aromatic heterocycles. The van der Waals surface area contributed by atoms with Gasteiger partial charge in [-0.2, -0.15) is 0 Å². The SMILES string of the molecule is CCn1cnnc1-c1cccc(NC(=O)c2cc3c(s2)CCC(C)C3)c1. The molecule has 0 aliphatic heterocycles. The highest BCUT2D eigenvalue weighted by Crippen LogP contribution is 2.32. The lowest BCUT2D eigenvalue weighted by Crippen LogP contribution is -2.10. The maximum atomic E-state index is 12.7. The number of amides is 1. The van der Waals surface area contributed by atoms with Crippen LogP contribution in [0.2, 0.25) is 0 Å². The molecule has 1 aliphatic carbocycles. The van der Waals surface area contributed by atoms with Gasteiger partial charge in [-0.15, -0.1) is 21.5 Å². The number of aromatic nitrogens is 3. The van der Waals surface area contributed by atoms with Crippen LogP contribution >= 0.6 is 11.3 Å². The third-order valence-electron chi connectivity index (χ3n) is 4.89. The lowest BCUT2D eigenvalue weighted by molar-refractivity contribution is 0.103. The fourth-order valence-electron chi connectivity index (χ4n) is 3.46. The first-order valence-electron chi connectivity index (χ1n) is 9.05. The summed E-state index contributed by atoms with van der Waals surface area (Å²) in [5.41, 5.74) is 3.07. The summed E-state index contributed by atoms with van der Waals surface area (Å²) in [6.45, 7) is 5.14. The lowest BCUT2D eigenvalue weighted by Gasteiger charge is -2.16. The standard InChI is InChI=1S/C20H22N4OS/c1-3-24-12-21-23-19(24)14-5-4-6-16(10-14)22-20(25)18-11-15-9-13(2)7-8-17(15)26-18/h4-6,10-13H,3,7-9H2,1-2H3,(H,22,25). The van der Waals surface area contributed by atoms with Crippen LogP contribution in [0.5, 0.6) is 0 Å². The number of nitrogens with one attached hydrogen (secondary N) is 1. The Kier molecular flexibility index (Phi) is 4.59. The summed E-state index contributed by atoms with van der Waals surface area (Å²) < 4.78 is 1.98. The molecule has 0 saturated heterocycles. The second kappa shape index (κ2) is 7.03. The van der Waals surface area contributed by atoms with E-state index in [1.807, 2.05) is 28.8 Å². The van der Waals surface area contributed by atoms with Gasteiger partial charge in [0.2, 0.25) is 0 Å². The van der Waals surface area contributed by atoms with E-state index < -0.39 is 0 Å². The van der Waals surface area contributed by atoms with Gasteiger partial charge >= 0.3 is 0 Å². The molecule has 1 aliphatic rings. The van der Waals surface area contributed by atoms with Gasteiger partial charge in [0.15, 0.2) is 5.82 Å². The van der Waals surface area contributed by atoms with Gasteiger partial charge in [0.25, 0.3) is 5.91 Å². The Bertz CT molecular complexity index is 943. The molecule has 3 aromatic rings. The minimum atomic E-state index is -0.0360. The molecular formula is C20H22N4OS. The largest absolute Gasteiger partial charge is 0.321 e. The molecule has 1 aromatic carbocycles. The molecule has 1 unspecified atom stereocenters. The van der Waals surface area contributed by atoms with Crippen LogP contribution in [-0.2, 0) is 19.4 Å². The quantitative estimate of drug-likeness (QED) is 0.744. The van der Waals surface area contributed by atoms with E-state index in [4.69, 9.17) is 0 Å². The molecule has 1 N–H and O–H groups in total. The average molecular weight is 366 g/mol. The summed E-state index contributed by atoms with van der Waals surface area (Å²) in [5, 5.41) is 11.2. The van der Waals surface area contributed by atoms with E-state index in [1.165, 1.54) is 16.9 Å². The number of carbonyl (C=O) groups is 1. The minimum absolute atomic E-state index is 0.0360. The van der Waals surface area contributed by atoms with Crippen molar-refractivity contribution in [1.82, 2.24) is 14.8 Å². The van der Waals surface area contributed by atoms with Crippen LogP contribution in [0.25, 0.3) is 11.4 Å². The highest BCUT2D eigenvalue weighted by molar-refractivity contribution is 7.14. The normalized spacial score (nSPS) is 16.3. The number of fused-ring (bicyclic) bond motifs is 1. The minimum Gasteiger partial charge on any atom is -0.321 e. The highest BCUT2D eigenvalue weighted by atomic mass is 32.1. The summed E-state index contributed by atoms with van der Waals surface area (Å²) in [5.74, 6) is 1.48. The monoisotopic (exact) mass is 366 g/mol. The van der Waals surface area contributed by atoms with Crippen LogP contribution in [-0.4, -0.2) is 20.7 Å². The van der Waals surface area contributed by atoms with Gasteiger partial charge in [-0.1, -0.05) is 19.1 Å². The molecule has 4 rings (SSSR count). The Labute approximate surface area is 157 Å². The van der Waals surface area contributed by atoms with Gasteiger partial charge in [0.1, 0.15) is 6.33 Å². The molecule has 0 bridgehead atoms. The van der Waals surface area contributed by atoms with Crippen LogP contribution in [0.1, 0.15) is 40.4 Å². The molecule has 1 atom stereocenters. The number of thiophene rings is 1. The molecule has 134 valence electrons. The molecule has 6 heteroatoms. The zero-order chi connectivity index (χ0) is 18.1. The molecule has 5 nitrogen and oxygen atoms in total. The van der Waals surface area contributed by atoms with E-state index in [0.717, 1.165) is 41.3 Å². The zero-order valence-corrected chi connectivity index (χ0v) is 15.8. The van der Waals surface area contributed by atoms with Crippen molar-refractivity contribution in [3.63, 3.8) is 0 Å². The summed E-state index contributed by atoms with van der Waals surface area (Å²) in [6, 6.07) is 9.84. The first-order chi connectivity index (χ1) is 12.6. The lowest BCUT2D eigenvalue weighted by atomic mass is 9.90. The molecule has 2 heterocycles. The summed E-state index contributed by atoms with van der Waals surface area (Å²) in [6.07, 6.45) is 5.12. The van der Waals surface area contributed by atoms with Gasteiger partial charge in [0.05, 0.1) is 4.88 Å². The van der Waals surface area contributed by atoms with Crippen molar-refractivity contribution in [2.75, 3.05) is 5.32 Å². The predicted molar refractivity (Wildman–Crippen MR) is 105 cm³/mol. The number of anilines is 1. The van der Waals surface area contributed by atoms with Crippen molar-refractivity contribution < 1.29 is 4.79 Å². The Balaban J connectivity index is 1.54. The molecule has 26 heavy (non-hydrogen) atoms. The molecule has 0 spiro atoms. The van der Waals surface area contributed by atoms with E-state index >= 15 is 0 Å². The highest BCUT2D eigenvalue weighted by Gasteiger charge is 2.20. The van der Waals surface area contributed by atoms with Gasteiger partial charge in [0, 0.05) is 22.7 Å². The number of nitrogens with zero attached hydrogens (tertiary/aromatic N) is 3. The van der Waals surface area contributed by atoms with Crippen LogP contribution in [0, 0.1) is 5.92 Å². The smallest absolute Gasteiger partial charge is 0.265 e. The average Bonchev–Trinajstić information content (AvgIpc) is 3.28. The third-order valence-corrected chi connectivity index (χ3v) is 6.12. The van der Waals surface area contributed by atoms with E-state index in [2.05, 4.69) is 35.4 Å². The van der Waals surface area contributed by atoms with Crippen molar-refractivity contribution >= 4 is 22.9 Å². The van der Waals surface area contributed by atoms with E-state index in [1.54, 1.807) is 17.7 Å². The second-order valence-corrected chi connectivity index (χ2v) is 8.02. The molecule has 1 amide bonds. The number of hydrogen-bond acceptors (Lipinski definition) is 4. The van der Waals surface area contributed by atoms with Crippen molar-refractivity contribution in [2.24, 2.45) is 5.92 Å². The van der Waals surface area contributed by atoms with Gasteiger partial charge in [-0.05, 0) is 55.9 Å². The van der Waals surface area contributed by atoms with E-state index in [-0.39, 0.29) is 5.91 Å². The fourth-order valence-corrected chi connectivity index (χ4v) is 4.56. The van der Waals surface area contributed by atoms with Crippen molar-refractivity contribution in [3.8, 4) is 11.4 Å². The van der Waals surface area contributed by atoms with Crippen molar-refractivity contribution in [2.45, 2.75) is 39.7 Å². The second-order valence-electron chi connectivity index (χ2n) is 6.88. The number of carbonyl (C=O) groups excluding carboxylic acids is 1. The number of benzene rings is 1. The summed E-state index contributed by atoms with van der Waals surface area (Å²) in [4.78, 5) is 14.9. The Morgan fingerprint density at radius 2 is 2.27 bits per heavy atom. The van der Waals surface area contributed by atoms with E-state index in [9.17, 15) is 4.79 Å². The maximum absolute atomic E-state index is 12.7. The van der Waals surface area contributed by atoms with E-state index in [0.29, 0.717) is 5.92 Å². The van der Waals surface area contributed by atoms with Crippen LogP contribution in [0.4, 0.5) is 5.69 Å². The van der Waals surface area contributed by atoms with Crippen LogP contribution < -0.4 is 5.32 Å². The van der Waals surface area contributed by atoms with Crippen molar-refractivity contribution in [3.05, 3.63) is 52.0 Å². The molecule has 0 radical (unpaired) electrons. The summed E-state index contributed by atoms with van der Waals surface area (Å²) in [7, 11) is 0. The van der Waals surface area contributed by atoms with Gasteiger partial charge in [-0.3, -0.25) is 4.79 Å². The topological polar surface area (TPSA) is 59.8 Å². The summed E-state index contributed by atoms with van der Waals surface area (Å²) >= 11 is 1.63. The first-order valence-corrected chi connectivity index (χ1v) is 9.87. The van der Waals surface area contributed by atoms with Crippen LogP contribution in [0.15, 0.2) is 36.7 Å². The van der Waals surface area contributed by atoms with Crippen molar-refractivity contribution in [1.29, 1.82) is 0 Å². The Hall–Kier alpha value is -2.47. The Morgan fingerprint density at radius 3 is 3.12 bits per heavy atom. The molecular weight excluding hydrogens is 344 g/mol. The molecule has 0 saturated carbocycles. The fraction of sp³-hybridized carbons (Fsp3) is 0.350. The predicted octanol–water partition coefficient (Wildman–Crippen LogP) is 4.40. The zero-order valence-electron chi connectivity index (χ0n) is 15.0.